The van der Waals surface area contributed by atoms with Crippen LogP contribution in [0.3, 0.4) is 0 Å². The van der Waals surface area contributed by atoms with Crippen LogP contribution in [-0.2, 0) is 0 Å². The average molecular weight is 254 g/mol. The quantitative estimate of drug-likeness (QED) is 0.734. The number of hydrogen-bond acceptors (Lipinski definition) is 2. The van der Waals surface area contributed by atoms with E-state index in [1.165, 1.54) is 6.07 Å². The van der Waals surface area contributed by atoms with Crippen LogP contribution in [0.5, 0.6) is 5.06 Å². The first-order valence-electron chi connectivity index (χ1n) is 2.75. The van der Waals surface area contributed by atoms with E-state index < -0.39 is 6.61 Å². The van der Waals surface area contributed by atoms with Crippen molar-refractivity contribution in [1.29, 1.82) is 0 Å². The number of nitrogens with zero attached hydrogens (tertiary/aromatic N) is 1. The first-order valence-corrected chi connectivity index (χ1v) is 4.36. The van der Waals surface area contributed by atoms with Gasteiger partial charge in [0.15, 0.2) is 5.06 Å². The molecule has 0 atom stereocenters. The molecule has 1 aromatic rings. The highest BCUT2D eigenvalue weighted by molar-refractivity contribution is 9.10. The molecule has 1 rings (SSSR count). The zero-order valence-corrected chi connectivity index (χ0v) is 7.95. The van der Waals surface area contributed by atoms with Crippen molar-refractivity contribution in [3.63, 3.8) is 0 Å². The molecule has 1 heterocycles. The van der Waals surface area contributed by atoms with E-state index in [1.54, 1.807) is 0 Å². The molecule has 0 spiro atoms. The summed E-state index contributed by atoms with van der Waals surface area (Å²) in [6.45, 7) is 3.76. The van der Waals surface area contributed by atoms with Crippen LogP contribution in [0.25, 0.3) is 4.85 Å². The Bertz CT molecular complexity index is 320. The molecule has 0 amide bonds. The topological polar surface area (TPSA) is 13.6 Å². The molecule has 0 aliphatic heterocycles. The lowest BCUT2D eigenvalue weighted by Crippen LogP contribution is -2.00. The molecule has 2 nitrogen and oxygen atoms in total. The second kappa shape index (κ2) is 3.83. The third kappa shape index (κ3) is 2.16. The molecular weight excluding hydrogens is 252 g/mol. The molecule has 0 radical (unpaired) electrons. The molecule has 0 unspecified atom stereocenters. The summed E-state index contributed by atoms with van der Waals surface area (Å²) in [6, 6.07) is 1.44. The van der Waals surface area contributed by atoms with Crippen LogP contribution in [0.1, 0.15) is 0 Å². The highest BCUT2D eigenvalue weighted by Crippen LogP contribution is 2.40. The van der Waals surface area contributed by atoms with Crippen molar-refractivity contribution in [3.8, 4) is 5.06 Å². The number of alkyl halides is 2. The lowest BCUT2D eigenvalue weighted by molar-refractivity contribution is -0.0476. The summed E-state index contributed by atoms with van der Waals surface area (Å²) < 4.78 is 27.9. The zero-order valence-electron chi connectivity index (χ0n) is 5.55. The largest absolute Gasteiger partial charge is 0.425 e. The molecule has 0 aromatic carbocycles. The van der Waals surface area contributed by atoms with Gasteiger partial charge in [-0.15, -0.1) is 11.3 Å². The van der Waals surface area contributed by atoms with Gasteiger partial charge >= 0.3 is 6.61 Å². The maximum absolute atomic E-state index is 11.7. The van der Waals surface area contributed by atoms with Gasteiger partial charge in [-0.05, 0) is 22.0 Å². The molecule has 64 valence electrons. The molecule has 0 N–H and O–H groups in total. The van der Waals surface area contributed by atoms with E-state index in [-0.39, 0.29) is 5.06 Å². The molecule has 0 saturated heterocycles. The molecule has 0 aliphatic rings. The summed E-state index contributed by atoms with van der Waals surface area (Å²) in [7, 11) is 0. The summed E-state index contributed by atoms with van der Waals surface area (Å²) in [5, 5.41) is 0.355. The fourth-order valence-corrected chi connectivity index (χ4v) is 1.95. The third-order valence-corrected chi connectivity index (χ3v) is 2.72. The van der Waals surface area contributed by atoms with Crippen molar-refractivity contribution in [2.24, 2.45) is 0 Å². The number of rotatable bonds is 2. The van der Waals surface area contributed by atoms with Crippen LogP contribution in [0.15, 0.2) is 10.5 Å². The summed E-state index contributed by atoms with van der Waals surface area (Å²) >= 11 is 3.88. The Kier molecular flexibility index (Phi) is 3.00. The number of thiophene rings is 1. The molecule has 6 heteroatoms. The number of halogens is 3. The molecular formula is C6H2BrF2NOS. The third-order valence-electron chi connectivity index (χ3n) is 0.949. The van der Waals surface area contributed by atoms with Crippen LogP contribution in [0, 0.1) is 6.57 Å². The Hall–Kier alpha value is -0.670. The molecule has 0 bridgehead atoms. The molecule has 12 heavy (non-hydrogen) atoms. The van der Waals surface area contributed by atoms with Gasteiger partial charge in [0.2, 0.25) is 5.00 Å². The summed E-state index contributed by atoms with van der Waals surface area (Å²) in [6.07, 6.45) is 0. The Morgan fingerprint density at radius 2 is 2.33 bits per heavy atom. The smallest absolute Gasteiger partial charge is 0.388 e. The fraction of sp³-hybridized carbons (Fsp3) is 0.167. The Labute approximate surface area is 79.7 Å². The van der Waals surface area contributed by atoms with E-state index in [0.717, 1.165) is 11.3 Å². The summed E-state index contributed by atoms with van der Waals surface area (Å²) in [4.78, 5) is 3.07. The SMILES string of the molecule is [C-]#[N+]c1cc(Br)c(OC(F)F)s1. The van der Waals surface area contributed by atoms with Crippen molar-refractivity contribution in [2.75, 3.05) is 0 Å². The van der Waals surface area contributed by atoms with Gasteiger partial charge in [-0.2, -0.15) is 8.78 Å². The van der Waals surface area contributed by atoms with Crippen molar-refractivity contribution < 1.29 is 13.5 Å². The van der Waals surface area contributed by atoms with Crippen LogP contribution in [-0.4, -0.2) is 6.61 Å². The highest BCUT2D eigenvalue weighted by atomic mass is 79.9. The first-order chi connectivity index (χ1) is 5.63. The normalized spacial score (nSPS) is 9.92. The van der Waals surface area contributed by atoms with Gasteiger partial charge in [-0.1, -0.05) is 0 Å². The Morgan fingerprint density at radius 1 is 1.67 bits per heavy atom. The molecule has 1 aromatic heterocycles. The second-order valence-electron chi connectivity index (χ2n) is 1.71. The van der Waals surface area contributed by atoms with Crippen LogP contribution >= 0.6 is 27.3 Å². The zero-order chi connectivity index (χ0) is 9.14. The maximum atomic E-state index is 11.7. The van der Waals surface area contributed by atoms with Crippen molar-refractivity contribution >= 4 is 32.3 Å². The van der Waals surface area contributed by atoms with Crippen LogP contribution in [0.4, 0.5) is 13.8 Å². The van der Waals surface area contributed by atoms with Gasteiger partial charge in [0, 0.05) is 0 Å². The van der Waals surface area contributed by atoms with E-state index >= 15 is 0 Å². The van der Waals surface area contributed by atoms with Gasteiger partial charge in [-0.25, -0.2) is 4.85 Å². The number of hydrogen-bond donors (Lipinski definition) is 0. The van der Waals surface area contributed by atoms with Gasteiger partial charge in [0.25, 0.3) is 0 Å². The van der Waals surface area contributed by atoms with E-state index in [1.807, 2.05) is 0 Å². The Balaban J connectivity index is 2.86. The minimum atomic E-state index is -2.85. The van der Waals surface area contributed by atoms with E-state index in [4.69, 9.17) is 6.57 Å². The standard InChI is InChI=1S/C6H2BrF2NOS/c1-10-4-2-3(7)5(12-4)11-6(8)9/h2,6H. The predicted molar refractivity (Wildman–Crippen MR) is 44.9 cm³/mol. The van der Waals surface area contributed by atoms with E-state index in [9.17, 15) is 8.78 Å². The van der Waals surface area contributed by atoms with Crippen LogP contribution < -0.4 is 4.74 Å². The lowest BCUT2D eigenvalue weighted by atomic mass is 10.6. The first kappa shape index (κ1) is 9.42. The molecule has 0 aliphatic carbocycles. The van der Waals surface area contributed by atoms with Crippen molar-refractivity contribution in [3.05, 3.63) is 22.0 Å². The number of ether oxygens (including phenoxy) is 1. The lowest BCUT2D eigenvalue weighted by Gasteiger charge is -2.00. The second-order valence-corrected chi connectivity index (χ2v) is 3.56. The van der Waals surface area contributed by atoms with Crippen molar-refractivity contribution in [2.45, 2.75) is 6.61 Å². The predicted octanol–water partition coefficient (Wildman–Crippen LogP) is 3.66. The highest BCUT2D eigenvalue weighted by Gasteiger charge is 2.11. The summed E-state index contributed by atoms with van der Waals surface area (Å²) in [5.74, 6) is 0. The summed E-state index contributed by atoms with van der Waals surface area (Å²) in [5.41, 5.74) is 0. The maximum Gasteiger partial charge on any atom is 0.388 e. The minimum absolute atomic E-state index is 0.0380. The van der Waals surface area contributed by atoms with Crippen LogP contribution in [0.2, 0.25) is 0 Å². The molecule has 0 saturated carbocycles. The van der Waals surface area contributed by atoms with Gasteiger partial charge in [0.1, 0.15) is 0 Å². The average Bonchev–Trinajstić information content (AvgIpc) is 2.31. The fourth-order valence-electron chi connectivity index (χ4n) is 0.557. The minimum Gasteiger partial charge on any atom is -0.425 e. The van der Waals surface area contributed by atoms with Gasteiger partial charge in [-0.3, -0.25) is 0 Å². The molecule has 0 fully saturated rings. The van der Waals surface area contributed by atoms with Gasteiger partial charge < -0.3 is 4.74 Å². The van der Waals surface area contributed by atoms with Gasteiger partial charge in [0.05, 0.1) is 11.0 Å². The monoisotopic (exact) mass is 253 g/mol. The van der Waals surface area contributed by atoms with E-state index in [0.29, 0.717) is 9.47 Å². The van der Waals surface area contributed by atoms with E-state index in [2.05, 4.69) is 25.5 Å². The van der Waals surface area contributed by atoms with Crippen molar-refractivity contribution in [1.82, 2.24) is 0 Å². The Morgan fingerprint density at radius 3 is 2.75 bits per heavy atom.